The molecule has 0 fully saturated rings. The number of hydrogen-bond donors (Lipinski definition) is 1. The van der Waals surface area contributed by atoms with Gasteiger partial charge in [-0.3, -0.25) is 0 Å². The summed E-state index contributed by atoms with van der Waals surface area (Å²) in [6.07, 6.45) is 0.859. The average Bonchev–Trinajstić information content (AvgIpc) is 2.40. The molecule has 0 heterocycles. The van der Waals surface area contributed by atoms with E-state index in [1.165, 1.54) is 16.7 Å². The van der Waals surface area contributed by atoms with E-state index in [4.69, 9.17) is 0 Å². The van der Waals surface area contributed by atoms with Crippen LogP contribution in [0.5, 0.6) is 0 Å². The summed E-state index contributed by atoms with van der Waals surface area (Å²) in [4.78, 5) is 0. The molecule has 1 atom stereocenters. The maximum atomic E-state index is 13.8. The smallest absolute Gasteiger partial charge is 0.137 e. The maximum Gasteiger partial charge on any atom is 0.137 e. The topological polar surface area (TPSA) is 12.0 Å². The first-order valence-electron chi connectivity index (χ1n) is 7.25. The van der Waals surface area contributed by atoms with Crippen LogP contribution in [-0.4, -0.2) is 6.54 Å². The Morgan fingerprint density at radius 1 is 1.10 bits per heavy atom. The lowest BCUT2D eigenvalue weighted by atomic mass is 9.96. The van der Waals surface area contributed by atoms with Gasteiger partial charge < -0.3 is 5.32 Å². The van der Waals surface area contributed by atoms with Crippen LogP contribution in [0.15, 0.2) is 40.9 Å². The Kier molecular flexibility index (Phi) is 5.54. The molecular formula is C18H21BrFN. The van der Waals surface area contributed by atoms with Gasteiger partial charge in [0.2, 0.25) is 0 Å². The SMILES string of the molecule is CCNC(Cc1cc(C)cc(C)c1)c1ccc(Br)c(F)c1. The summed E-state index contributed by atoms with van der Waals surface area (Å²) in [5.74, 6) is -0.212. The molecule has 3 heteroatoms. The van der Waals surface area contributed by atoms with Gasteiger partial charge in [-0.15, -0.1) is 0 Å². The minimum atomic E-state index is -0.212. The van der Waals surface area contributed by atoms with Crippen LogP contribution in [0.3, 0.4) is 0 Å². The lowest BCUT2D eigenvalue weighted by Gasteiger charge is -2.19. The second-order valence-corrected chi connectivity index (χ2v) is 6.34. The molecule has 21 heavy (non-hydrogen) atoms. The second-order valence-electron chi connectivity index (χ2n) is 5.48. The molecule has 0 aromatic heterocycles. The fourth-order valence-electron chi connectivity index (χ4n) is 2.71. The summed E-state index contributed by atoms with van der Waals surface area (Å²) in [5, 5.41) is 3.45. The number of aryl methyl sites for hydroxylation is 2. The van der Waals surface area contributed by atoms with E-state index in [0.29, 0.717) is 4.47 Å². The van der Waals surface area contributed by atoms with E-state index >= 15 is 0 Å². The molecule has 0 aliphatic carbocycles. The molecule has 1 nitrogen and oxygen atoms in total. The number of rotatable bonds is 5. The molecule has 2 aromatic carbocycles. The zero-order valence-corrected chi connectivity index (χ0v) is 14.3. The predicted octanol–water partition coefficient (Wildman–Crippen LogP) is 5.10. The van der Waals surface area contributed by atoms with E-state index in [1.807, 2.05) is 6.07 Å². The van der Waals surface area contributed by atoms with E-state index < -0.39 is 0 Å². The molecule has 2 rings (SSSR count). The van der Waals surface area contributed by atoms with Gasteiger partial charge in [0.1, 0.15) is 5.82 Å². The lowest BCUT2D eigenvalue weighted by molar-refractivity contribution is 0.541. The van der Waals surface area contributed by atoms with Crippen LogP contribution < -0.4 is 5.32 Å². The molecule has 0 saturated carbocycles. The number of likely N-dealkylation sites (N-methyl/N-ethyl adjacent to an activating group) is 1. The van der Waals surface area contributed by atoms with Gasteiger partial charge in [0.25, 0.3) is 0 Å². The van der Waals surface area contributed by atoms with Crippen molar-refractivity contribution in [2.45, 2.75) is 33.2 Å². The summed E-state index contributed by atoms with van der Waals surface area (Å²) in [6, 6.07) is 12.1. The molecule has 0 bridgehead atoms. The number of benzene rings is 2. The van der Waals surface area contributed by atoms with Gasteiger partial charge in [-0.25, -0.2) is 4.39 Å². The van der Waals surface area contributed by atoms with Crippen molar-refractivity contribution in [3.05, 3.63) is 68.9 Å². The van der Waals surface area contributed by atoms with E-state index in [1.54, 1.807) is 12.1 Å². The van der Waals surface area contributed by atoms with Crippen LogP contribution in [0.25, 0.3) is 0 Å². The number of hydrogen-bond acceptors (Lipinski definition) is 1. The van der Waals surface area contributed by atoms with E-state index in [0.717, 1.165) is 18.5 Å². The van der Waals surface area contributed by atoms with Crippen LogP contribution in [0, 0.1) is 19.7 Å². The second kappa shape index (κ2) is 7.19. The van der Waals surface area contributed by atoms with Crippen LogP contribution in [0.4, 0.5) is 4.39 Å². The van der Waals surface area contributed by atoms with Crippen molar-refractivity contribution in [2.75, 3.05) is 6.54 Å². The molecular weight excluding hydrogens is 329 g/mol. The Bertz CT molecular complexity index is 604. The van der Waals surface area contributed by atoms with Crippen molar-refractivity contribution >= 4 is 15.9 Å². The van der Waals surface area contributed by atoms with Crippen molar-refractivity contribution in [3.8, 4) is 0 Å². The van der Waals surface area contributed by atoms with E-state index in [2.05, 4.69) is 60.2 Å². The van der Waals surface area contributed by atoms with Crippen LogP contribution in [0.2, 0.25) is 0 Å². The van der Waals surface area contributed by atoms with Crippen molar-refractivity contribution in [3.63, 3.8) is 0 Å². The van der Waals surface area contributed by atoms with Crippen molar-refractivity contribution in [1.29, 1.82) is 0 Å². The molecule has 0 saturated heterocycles. The zero-order chi connectivity index (χ0) is 15.4. The molecule has 0 spiro atoms. The normalized spacial score (nSPS) is 12.4. The highest BCUT2D eigenvalue weighted by Crippen LogP contribution is 2.24. The Morgan fingerprint density at radius 2 is 1.76 bits per heavy atom. The minimum Gasteiger partial charge on any atom is -0.310 e. The third kappa shape index (κ3) is 4.39. The minimum absolute atomic E-state index is 0.124. The van der Waals surface area contributed by atoms with Gasteiger partial charge >= 0.3 is 0 Å². The van der Waals surface area contributed by atoms with E-state index in [9.17, 15) is 4.39 Å². The summed E-state index contributed by atoms with van der Waals surface area (Å²) < 4.78 is 14.3. The van der Waals surface area contributed by atoms with Crippen molar-refractivity contribution < 1.29 is 4.39 Å². The summed E-state index contributed by atoms with van der Waals surface area (Å²) >= 11 is 3.21. The van der Waals surface area contributed by atoms with Crippen molar-refractivity contribution in [1.82, 2.24) is 5.32 Å². The third-order valence-corrected chi connectivity index (χ3v) is 4.16. The molecule has 0 aliphatic rings. The molecule has 0 amide bonds. The molecule has 0 radical (unpaired) electrons. The lowest BCUT2D eigenvalue weighted by Crippen LogP contribution is -2.23. The molecule has 1 unspecified atom stereocenters. The summed E-state index contributed by atoms with van der Waals surface area (Å²) in [5.41, 5.74) is 4.79. The first-order chi connectivity index (χ1) is 9.99. The molecule has 112 valence electrons. The standard InChI is InChI=1S/C18H21BrFN/c1-4-21-18(15-5-6-16(19)17(20)11-15)10-14-8-12(2)7-13(3)9-14/h5-9,11,18,21H,4,10H2,1-3H3. The monoisotopic (exact) mass is 349 g/mol. The summed E-state index contributed by atoms with van der Waals surface area (Å²) in [7, 11) is 0. The summed E-state index contributed by atoms with van der Waals surface area (Å²) in [6.45, 7) is 7.15. The van der Waals surface area contributed by atoms with Gasteiger partial charge in [0.05, 0.1) is 4.47 Å². The number of nitrogens with one attached hydrogen (secondary N) is 1. The number of halogens is 2. The highest BCUT2D eigenvalue weighted by Gasteiger charge is 2.13. The van der Waals surface area contributed by atoms with Gasteiger partial charge in [0, 0.05) is 6.04 Å². The van der Waals surface area contributed by atoms with Gasteiger partial charge in [-0.2, -0.15) is 0 Å². The van der Waals surface area contributed by atoms with Crippen LogP contribution in [-0.2, 0) is 6.42 Å². The highest BCUT2D eigenvalue weighted by molar-refractivity contribution is 9.10. The van der Waals surface area contributed by atoms with Gasteiger partial charge in [-0.05, 0) is 66.0 Å². The first kappa shape index (κ1) is 16.2. The highest BCUT2D eigenvalue weighted by atomic mass is 79.9. The van der Waals surface area contributed by atoms with E-state index in [-0.39, 0.29) is 11.9 Å². The zero-order valence-electron chi connectivity index (χ0n) is 12.7. The quantitative estimate of drug-likeness (QED) is 0.791. The van der Waals surface area contributed by atoms with Crippen molar-refractivity contribution in [2.24, 2.45) is 0 Å². The molecule has 2 aromatic rings. The largest absolute Gasteiger partial charge is 0.310 e. The maximum absolute atomic E-state index is 13.8. The Morgan fingerprint density at radius 3 is 2.33 bits per heavy atom. The third-order valence-electron chi connectivity index (χ3n) is 3.52. The first-order valence-corrected chi connectivity index (χ1v) is 8.04. The van der Waals surface area contributed by atoms with Crippen LogP contribution in [0.1, 0.15) is 35.2 Å². The predicted molar refractivity (Wildman–Crippen MR) is 90.1 cm³/mol. The Labute approximate surface area is 134 Å². The van der Waals surface area contributed by atoms with Gasteiger partial charge in [-0.1, -0.05) is 42.3 Å². The fraction of sp³-hybridized carbons (Fsp3) is 0.333. The Balaban J connectivity index is 2.27. The Hall–Kier alpha value is -1.19. The molecule has 1 N–H and O–H groups in total. The fourth-order valence-corrected chi connectivity index (χ4v) is 2.95. The van der Waals surface area contributed by atoms with Crippen LogP contribution >= 0.6 is 15.9 Å². The van der Waals surface area contributed by atoms with Gasteiger partial charge in [0.15, 0.2) is 0 Å². The average molecular weight is 350 g/mol. The molecule has 0 aliphatic heterocycles.